The van der Waals surface area contributed by atoms with Crippen molar-refractivity contribution in [2.75, 3.05) is 31.8 Å². The Hall–Kier alpha value is -1.80. The van der Waals surface area contributed by atoms with Gasteiger partial charge in [0.2, 0.25) is 15.9 Å². The summed E-state index contributed by atoms with van der Waals surface area (Å²) in [6.07, 6.45) is 2.65. The van der Waals surface area contributed by atoms with Gasteiger partial charge in [-0.1, -0.05) is 13.3 Å². The van der Waals surface area contributed by atoms with Crippen LogP contribution in [0.5, 0.6) is 11.5 Å². The molecule has 1 aromatic rings. The molecule has 0 saturated carbocycles. The molecule has 2 rings (SSSR count). The maximum absolute atomic E-state index is 12.7. The van der Waals surface area contributed by atoms with Crippen molar-refractivity contribution < 1.29 is 22.7 Å². The topological polar surface area (TPSA) is 84.9 Å². The van der Waals surface area contributed by atoms with Crippen molar-refractivity contribution in [3.63, 3.8) is 0 Å². The van der Waals surface area contributed by atoms with E-state index in [1.54, 1.807) is 25.3 Å². The zero-order valence-corrected chi connectivity index (χ0v) is 15.8. The highest BCUT2D eigenvalue weighted by Gasteiger charge is 2.36. The molecule has 1 unspecified atom stereocenters. The first-order chi connectivity index (χ1) is 11.9. The van der Waals surface area contributed by atoms with E-state index < -0.39 is 16.1 Å². The fraction of sp³-hybridized carbons (Fsp3) is 0.588. The highest BCUT2D eigenvalue weighted by molar-refractivity contribution is 7.89. The van der Waals surface area contributed by atoms with Crippen LogP contribution in [0.15, 0.2) is 18.2 Å². The number of nitrogens with zero attached hydrogens (tertiary/aromatic N) is 1. The lowest BCUT2D eigenvalue weighted by molar-refractivity contribution is -0.120. The summed E-state index contributed by atoms with van der Waals surface area (Å²) in [5, 5.41) is 2.80. The van der Waals surface area contributed by atoms with Crippen molar-refractivity contribution in [2.45, 2.75) is 38.6 Å². The maximum atomic E-state index is 12.7. The number of carbonyl (C=O) groups excluding carboxylic acids is 1. The van der Waals surface area contributed by atoms with E-state index in [2.05, 4.69) is 5.32 Å². The minimum atomic E-state index is -3.42. The molecule has 7 nitrogen and oxygen atoms in total. The normalized spacial score (nSPS) is 18.6. The molecule has 0 aromatic heterocycles. The van der Waals surface area contributed by atoms with E-state index in [9.17, 15) is 13.2 Å². The van der Waals surface area contributed by atoms with Crippen molar-refractivity contribution >= 4 is 21.6 Å². The summed E-state index contributed by atoms with van der Waals surface area (Å²) >= 11 is 0. The zero-order chi connectivity index (χ0) is 18.4. The average Bonchev–Trinajstić information content (AvgIpc) is 2.62. The van der Waals surface area contributed by atoms with Gasteiger partial charge in [-0.2, -0.15) is 4.31 Å². The summed E-state index contributed by atoms with van der Waals surface area (Å²) in [5.74, 6) is 0.803. The lowest BCUT2D eigenvalue weighted by Gasteiger charge is -2.33. The summed E-state index contributed by atoms with van der Waals surface area (Å²) in [5.41, 5.74) is 0.492. The van der Waals surface area contributed by atoms with E-state index in [-0.39, 0.29) is 11.7 Å². The SMILES string of the molecule is CCCS(=O)(=O)N1CCCCC1C(=O)Nc1ccc(OC)cc1OC. The first kappa shape index (κ1) is 19.5. The summed E-state index contributed by atoms with van der Waals surface area (Å²) in [6, 6.07) is 4.38. The molecule has 0 spiro atoms. The van der Waals surface area contributed by atoms with Crippen LogP contribution in [0.3, 0.4) is 0 Å². The molecule has 8 heteroatoms. The molecule has 0 aliphatic carbocycles. The van der Waals surface area contributed by atoms with Crippen LogP contribution in [0.25, 0.3) is 0 Å². The Bertz CT molecular complexity index is 705. The molecular weight excluding hydrogens is 344 g/mol. The molecule has 0 bridgehead atoms. The minimum Gasteiger partial charge on any atom is -0.497 e. The standard InChI is InChI=1S/C17H26N2O5S/c1-4-11-25(21,22)19-10-6-5-7-15(19)17(20)18-14-9-8-13(23-2)12-16(14)24-3/h8-9,12,15H,4-7,10-11H2,1-3H3,(H,18,20). The van der Waals surface area contributed by atoms with Gasteiger partial charge in [-0.3, -0.25) is 4.79 Å². The number of methoxy groups -OCH3 is 2. The van der Waals surface area contributed by atoms with Crippen LogP contribution in [0.2, 0.25) is 0 Å². The number of piperidine rings is 1. The van der Waals surface area contributed by atoms with Gasteiger partial charge in [0, 0.05) is 12.6 Å². The number of amides is 1. The second kappa shape index (κ2) is 8.53. The number of ether oxygens (including phenoxy) is 2. The van der Waals surface area contributed by atoms with Crippen molar-refractivity contribution in [3.05, 3.63) is 18.2 Å². The third-order valence-corrected chi connectivity index (χ3v) is 6.32. The molecule has 1 aromatic carbocycles. The third-order valence-electron chi connectivity index (χ3n) is 4.24. The van der Waals surface area contributed by atoms with Crippen LogP contribution in [0, 0.1) is 0 Å². The Morgan fingerprint density at radius 3 is 2.68 bits per heavy atom. The van der Waals surface area contributed by atoms with Gasteiger partial charge in [0.25, 0.3) is 0 Å². The largest absolute Gasteiger partial charge is 0.497 e. The van der Waals surface area contributed by atoms with E-state index in [0.717, 1.165) is 12.8 Å². The third kappa shape index (κ3) is 4.64. The van der Waals surface area contributed by atoms with Crippen molar-refractivity contribution in [2.24, 2.45) is 0 Å². The second-order valence-corrected chi connectivity index (χ2v) is 8.03. The van der Waals surface area contributed by atoms with Gasteiger partial charge in [-0.05, 0) is 31.4 Å². The van der Waals surface area contributed by atoms with Crippen molar-refractivity contribution in [3.8, 4) is 11.5 Å². The number of carbonyl (C=O) groups is 1. The van der Waals surface area contributed by atoms with Crippen LogP contribution in [0.1, 0.15) is 32.6 Å². The Morgan fingerprint density at radius 1 is 1.28 bits per heavy atom. The second-order valence-electron chi connectivity index (χ2n) is 5.99. The summed E-state index contributed by atoms with van der Waals surface area (Å²) in [6.45, 7) is 2.21. The summed E-state index contributed by atoms with van der Waals surface area (Å²) in [7, 11) is -0.375. The molecular formula is C17H26N2O5S. The lowest BCUT2D eigenvalue weighted by atomic mass is 10.0. The lowest BCUT2D eigenvalue weighted by Crippen LogP contribution is -2.50. The summed E-state index contributed by atoms with van der Waals surface area (Å²) < 4.78 is 36.7. The molecule has 0 radical (unpaired) electrons. The molecule has 1 saturated heterocycles. The Labute approximate surface area is 149 Å². The molecule has 1 aliphatic heterocycles. The molecule has 140 valence electrons. The van der Waals surface area contributed by atoms with Gasteiger partial charge in [-0.15, -0.1) is 0 Å². The van der Waals surface area contributed by atoms with E-state index in [0.29, 0.717) is 36.6 Å². The predicted molar refractivity (Wildman–Crippen MR) is 96.6 cm³/mol. The van der Waals surface area contributed by atoms with E-state index >= 15 is 0 Å². The first-order valence-electron chi connectivity index (χ1n) is 8.45. The Balaban J connectivity index is 2.21. The molecule has 1 aliphatic rings. The minimum absolute atomic E-state index is 0.0582. The highest BCUT2D eigenvalue weighted by atomic mass is 32.2. The monoisotopic (exact) mass is 370 g/mol. The van der Waals surface area contributed by atoms with Crippen molar-refractivity contribution in [1.29, 1.82) is 0 Å². The number of rotatable bonds is 7. The summed E-state index contributed by atoms with van der Waals surface area (Å²) in [4.78, 5) is 12.7. The van der Waals surface area contributed by atoms with Crippen LogP contribution >= 0.6 is 0 Å². The Kier molecular flexibility index (Phi) is 6.66. The zero-order valence-electron chi connectivity index (χ0n) is 14.9. The average molecular weight is 370 g/mol. The predicted octanol–water partition coefficient (Wildman–Crippen LogP) is 2.24. The van der Waals surface area contributed by atoms with Crippen molar-refractivity contribution in [1.82, 2.24) is 4.31 Å². The van der Waals surface area contributed by atoms with E-state index in [1.165, 1.54) is 11.4 Å². The number of hydrogen-bond donors (Lipinski definition) is 1. The fourth-order valence-electron chi connectivity index (χ4n) is 2.99. The number of sulfonamides is 1. The molecule has 1 amide bonds. The van der Waals surface area contributed by atoms with Crippen LogP contribution < -0.4 is 14.8 Å². The van der Waals surface area contributed by atoms with Gasteiger partial charge < -0.3 is 14.8 Å². The van der Waals surface area contributed by atoms with Crippen LogP contribution in [0.4, 0.5) is 5.69 Å². The Morgan fingerprint density at radius 2 is 2.04 bits per heavy atom. The molecule has 1 fully saturated rings. The number of anilines is 1. The van der Waals surface area contributed by atoms with Gasteiger partial charge in [0.05, 0.1) is 25.7 Å². The highest BCUT2D eigenvalue weighted by Crippen LogP contribution is 2.30. The van der Waals surface area contributed by atoms with Gasteiger partial charge in [0.15, 0.2) is 0 Å². The number of benzene rings is 1. The molecule has 1 atom stereocenters. The fourth-order valence-corrected chi connectivity index (χ4v) is 4.74. The first-order valence-corrected chi connectivity index (χ1v) is 10.1. The van der Waals surface area contributed by atoms with E-state index in [4.69, 9.17) is 9.47 Å². The quantitative estimate of drug-likeness (QED) is 0.796. The van der Waals surface area contributed by atoms with Crippen LogP contribution in [-0.4, -0.2) is 51.2 Å². The molecule has 25 heavy (non-hydrogen) atoms. The van der Waals surface area contributed by atoms with Crippen LogP contribution in [-0.2, 0) is 14.8 Å². The number of hydrogen-bond acceptors (Lipinski definition) is 5. The molecule has 1 N–H and O–H groups in total. The van der Waals surface area contributed by atoms with E-state index in [1.807, 2.05) is 6.92 Å². The van der Waals surface area contributed by atoms with Gasteiger partial charge in [0.1, 0.15) is 17.5 Å². The molecule has 1 heterocycles. The number of nitrogens with one attached hydrogen (secondary N) is 1. The smallest absolute Gasteiger partial charge is 0.242 e. The van der Waals surface area contributed by atoms with Gasteiger partial charge in [-0.25, -0.2) is 8.42 Å². The van der Waals surface area contributed by atoms with Gasteiger partial charge >= 0.3 is 0 Å². The maximum Gasteiger partial charge on any atom is 0.242 e.